The van der Waals surface area contributed by atoms with E-state index >= 15 is 0 Å². The molecule has 36 heavy (non-hydrogen) atoms. The maximum absolute atomic E-state index is 13.5. The van der Waals surface area contributed by atoms with Gasteiger partial charge in [0.05, 0.1) is 11.8 Å². The van der Waals surface area contributed by atoms with E-state index in [1.54, 1.807) is 5.01 Å². The van der Waals surface area contributed by atoms with Crippen molar-refractivity contribution in [2.24, 2.45) is 10.1 Å². The average Bonchev–Trinajstić information content (AvgIpc) is 3.46. The number of nitrogens with zero attached hydrogens (tertiary/aromatic N) is 3. The van der Waals surface area contributed by atoms with Gasteiger partial charge in [0.25, 0.3) is 5.91 Å². The summed E-state index contributed by atoms with van der Waals surface area (Å²) in [7, 11) is 0. The number of hydrogen-bond donors (Lipinski definition) is 1. The molecule has 0 unspecified atom stereocenters. The van der Waals surface area contributed by atoms with E-state index in [-0.39, 0.29) is 18.2 Å². The molecule has 2 heterocycles. The molecule has 0 aliphatic carbocycles. The monoisotopic (exact) mass is 504 g/mol. The van der Waals surface area contributed by atoms with E-state index in [1.165, 1.54) is 17.8 Å². The zero-order valence-corrected chi connectivity index (χ0v) is 20.1. The molecule has 0 bridgehead atoms. The fourth-order valence-electron chi connectivity index (χ4n) is 4.10. The van der Waals surface area contributed by atoms with Crippen molar-refractivity contribution in [3.8, 4) is 0 Å². The molecule has 5 rings (SSSR count). The highest BCUT2D eigenvalue weighted by Crippen LogP contribution is 2.38. The summed E-state index contributed by atoms with van der Waals surface area (Å²) in [6.45, 7) is 2.03. The van der Waals surface area contributed by atoms with Crippen LogP contribution < -0.4 is 5.32 Å². The minimum Gasteiger partial charge on any atom is -0.326 e. The molecule has 0 aromatic heterocycles. The van der Waals surface area contributed by atoms with Crippen LogP contribution in [0.25, 0.3) is 0 Å². The van der Waals surface area contributed by atoms with Crippen LogP contribution in [-0.4, -0.2) is 33.0 Å². The smallest absolute Gasteiger partial charge is 0.262 e. The summed E-state index contributed by atoms with van der Waals surface area (Å²) in [4.78, 5) is 29.4. The van der Waals surface area contributed by atoms with Crippen LogP contribution in [0.15, 0.2) is 82.9 Å². The molecule has 0 spiro atoms. The molecule has 0 saturated carbocycles. The minimum atomic E-state index is -1.06. The molecule has 182 valence electrons. The van der Waals surface area contributed by atoms with E-state index in [2.05, 4.69) is 10.3 Å². The SMILES string of the molecule is Cc1ccc(C2=NN(C3=NC(=O)[C@H](CC(=O)Nc4ccc(F)c(F)c4)S3)[C@@H](c3ccccc3)C2)cc1. The van der Waals surface area contributed by atoms with Crippen LogP contribution in [0.4, 0.5) is 14.5 Å². The number of carbonyl (C=O) groups is 2. The highest BCUT2D eigenvalue weighted by atomic mass is 32.2. The second-order valence-electron chi connectivity index (χ2n) is 8.61. The maximum Gasteiger partial charge on any atom is 0.262 e. The van der Waals surface area contributed by atoms with E-state index in [0.717, 1.165) is 34.5 Å². The predicted octanol–water partition coefficient (Wildman–Crippen LogP) is 5.45. The lowest BCUT2D eigenvalue weighted by molar-refractivity contribution is -0.121. The van der Waals surface area contributed by atoms with E-state index in [4.69, 9.17) is 5.10 Å². The van der Waals surface area contributed by atoms with Gasteiger partial charge in [-0.2, -0.15) is 10.1 Å². The predicted molar refractivity (Wildman–Crippen MR) is 137 cm³/mol. The molecular weight excluding hydrogens is 482 g/mol. The summed E-state index contributed by atoms with van der Waals surface area (Å²) >= 11 is 1.18. The quantitative estimate of drug-likeness (QED) is 0.501. The van der Waals surface area contributed by atoms with Gasteiger partial charge < -0.3 is 5.32 Å². The van der Waals surface area contributed by atoms with Gasteiger partial charge in [0.1, 0.15) is 5.25 Å². The first-order valence-electron chi connectivity index (χ1n) is 11.4. The van der Waals surface area contributed by atoms with Gasteiger partial charge in [-0.05, 0) is 30.2 Å². The zero-order chi connectivity index (χ0) is 25.2. The van der Waals surface area contributed by atoms with Crippen molar-refractivity contribution < 1.29 is 18.4 Å². The lowest BCUT2D eigenvalue weighted by atomic mass is 9.98. The molecule has 3 aromatic rings. The van der Waals surface area contributed by atoms with Gasteiger partial charge in [0, 0.05) is 24.6 Å². The van der Waals surface area contributed by atoms with Crippen molar-refractivity contribution in [3.05, 3.63) is 101 Å². The fourth-order valence-corrected chi connectivity index (χ4v) is 5.16. The topological polar surface area (TPSA) is 74.1 Å². The molecule has 2 amide bonds. The van der Waals surface area contributed by atoms with E-state index < -0.39 is 28.7 Å². The van der Waals surface area contributed by atoms with Gasteiger partial charge in [0.2, 0.25) is 5.91 Å². The van der Waals surface area contributed by atoms with Crippen LogP contribution in [-0.2, 0) is 9.59 Å². The molecule has 2 atom stereocenters. The minimum absolute atomic E-state index is 0.117. The van der Waals surface area contributed by atoms with Gasteiger partial charge in [-0.15, -0.1) is 0 Å². The molecule has 3 aromatic carbocycles. The Hall–Kier alpha value is -3.85. The van der Waals surface area contributed by atoms with Crippen molar-refractivity contribution in [1.82, 2.24) is 5.01 Å². The number of hydrazone groups is 1. The Morgan fingerprint density at radius 1 is 1.06 bits per heavy atom. The third-order valence-corrected chi connectivity index (χ3v) is 7.12. The molecule has 0 fully saturated rings. The van der Waals surface area contributed by atoms with E-state index in [0.29, 0.717) is 11.6 Å². The van der Waals surface area contributed by atoms with Gasteiger partial charge in [-0.1, -0.05) is 71.9 Å². The molecule has 0 radical (unpaired) electrons. The number of benzene rings is 3. The Balaban J connectivity index is 1.33. The summed E-state index contributed by atoms with van der Waals surface area (Å²) in [6.07, 6.45) is 0.482. The molecule has 1 N–H and O–H groups in total. The third-order valence-electron chi connectivity index (χ3n) is 5.98. The van der Waals surface area contributed by atoms with Gasteiger partial charge in [0.15, 0.2) is 16.8 Å². The number of hydrogen-bond acceptors (Lipinski definition) is 5. The largest absolute Gasteiger partial charge is 0.326 e. The molecule has 2 aliphatic heterocycles. The fraction of sp³-hybridized carbons (Fsp3) is 0.185. The highest BCUT2D eigenvalue weighted by Gasteiger charge is 2.39. The van der Waals surface area contributed by atoms with Crippen molar-refractivity contribution in [2.75, 3.05) is 5.32 Å². The van der Waals surface area contributed by atoms with Crippen LogP contribution in [0.5, 0.6) is 0 Å². The van der Waals surface area contributed by atoms with E-state index in [9.17, 15) is 18.4 Å². The summed E-state index contributed by atoms with van der Waals surface area (Å²) in [6, 6.07) is 21.0. The standard InChI is InChI=1S/C27H22F2N4O2S/c1-16-7-9-17(10-8-16)22-14-23(18-5-3-2-4-6-18)33(32-22)27-31-26(35)24(36-27)15-25(34)30-19-11-12-20(28)21(29)13-19/h2-13,23-24H,14-15H2,1H3,(H,30,34)/t23-,24+/m1/s1. The number of carbonyl (C=O) groups excluding carboxylic acids is 2. The number of halogens is 2. The second-order valence-corrected chi connectivity index (χ2v) is 9.78. The Morgan fingerprint density at radius 2 is 1.81 bits per heavy atom. The van der Waals surface area contributed by atoms with Crippen molar-refractivity contribution in [2.45, 2.75) is 31.1 Å². The number of amidine groups is 1. The summed E-state index contributed by atoms with van der Waals surface area (Å²) in [5.41, 5.74) is 4.20. The average molecular weight is 505 g/mol. The molecule has 6 nitrogen and oxygen atoms in total. The van der Waals surface area contributed by atoms with Crippen LogP contribution >= 0.6 is 11.8 Å². The van der Waals surface area contributed by atoms with Crippen LogP contribution in [0.1, 0.15) is 35.6 Å². The van der Waals surface area contributed by atoms with Crippen molar-refractivity contribution in [1.29, 1.82) is 0 Å². The van der Waals surface area contributed by atoms with Crippen LogP contribution in [0.2, 0.25) is 0 Å². The number of amides is 2. The molecule has 0 saturated heterocycles. The zero-order valence-electron chi connectivity index (χ0n) is 19.3. The molecule has 9 heteroatoms. The first-order valence-corrected chi connectivity index (χ1v) is 12.3. The first kappa shape index (κ1) is 23.9. The van der Waals surface area contributed by atoms with Crippen molar-refractivity contribution in [3.63, 3.8) is 0 Å². The Labute approximate surface area is 211 Å². The number of nitrogens with one attached hydrogen (secondary N) is 1. The first-order chi connectivity index (χ1) is 17.4. The molecular formula is C27H22F2N4O2S. The Kier molecular flexibility index (Phi) is 6.65. The number of rotatable bonds is 5. The molecule has 2 aliphatic rings. The third kappa shape index (κ3) is 5.06. The van der Waals surface area contributed by atoms with Crippen LogP contribution in [0.3, 0.4) is 0 Å². The Morgan fingerprint density at radius 3 is 2.53 bits per heavy atom. The summed E-state index contributed by atoms with van der Waals surface area (Å²) < 4.78 is 26.6. The maximum atomic E-state index is 13.5. The van der Waals surface area contributed by atoms with Crippen molar-refractivity contribution >= 4 is 40.1 Å². The van der Waals surface area contributed by atoms with Gasteiger partial charge >= 0.3 is 0 Å². The second kappa shape index (κ2) is 10.0. The van der Waals surface area contributed by atoms with Gasteiger partial charge in [-0.3, -0.25) is 9.59 Å². The van der Waals surface area contributed by atoms with E-state index in [1.807, 2.05) is 61.5 Å². The highest BCUT2D eigenvalue weighted by molar-refractivity contribution is 8.15. The number of aliphatic imine (C=N–C) groups is 1. The summed E-state index contributed by atoms with van der Waals surface area (Å²) in [5, 5.41) is 8.80. The summed E-state index contributed by atoms with van der Waals surface area (Å²) in [5.74, 6) is -2.99. The lowest BCUT2D eigenvalue weighted by Gasteiger charge is -2.23. The Bertz CT molecular complexity index is 1380. The van der Waals surface area contributed by atoms with Crippen LogP contribution in [0, 0.1) is 18.6 Å². The normalized spacial score (nSPS) is 19.3. The number of anilines is 1. The van der Waals surface area contributed by atoms with Gasteiger partial charge in [-0.25, -0.2) is 13.8 Å². The number of aryl methyl sites for hydroxylation is 1. The number of thioether (sulfide) groups is 1. The lowest BCUT2D eigenvalue weighted by Crippen LogP contribution is -2.25.